The Morgan fingerprint density at radius 1 is 1.10 bits per heavy atom. The standard InChI is InChI=1S/C17H17NO2/c1-13(14-7-3-2-4-8-14)11-12-18-16-10-6-5-9-15(16)17(19)20/h2-13,18H,1H3,(H,19,20)/b12-11+. The summed E-state index contributed by atoms with van der Waals surface area (Å²) in [7, 11) is 0. The molecule has 2 aromatic rings. The number of hydrogen-bond acceptors (Lipinski definition) is 2. The molecule has 0 aromatic heterocycles. The number of carbonyl (C=O) groups is 1. The Kier molecular flexibility index (Phi) is 4.56. The van der Waals surface area contributed by atoms with E-state index in [1.807, 2.05) is 30.3 Å². The molecule has 0 spiro atoms. The summed E-state index contributed by atoms with van der Waals surface area (Å²) in [5.41, 5.74) is 2.08. The van der Waals surface area contributed by atoms with Gasteiger partial charge in [-0.2, -0.15) is 0 Å². The normalized spacial score (nSPS) is 12.2. The predicted molar refractivity (Wildman–Crippen MR) is 81.0 cm³/mol. The maximum Gasteiger partial charge on any atom is 0.337 e. The van der Waals surface area contributed by atoms with Gasteiger partial charge in [0, 0.05) is 5.92 Å². The number of hydrogen-bond donors (Lipinski definition) is 2. The Bertz CT molecular complexity index is 605. The fraction of sp³-hybridized carbons (Fsp3) is 0.118. The Labute approximate surface area is 118 Å². The van der Waals surface area contributed by atoms with Crippen molar-refractivity contribution in [1.82, 2.24) is 0 Å². The largest absolute Gasteiger partial charge is 0.478 e. The fourth-order valence-electron chi connectivity index (χ4n) is 1.95. The zero-order valence-corrected chi connectivity index (χ0v) is 11.3. The van der Waals surface area contributed by atoms with E-state index in [1.54, 1.807) is 24.4 Å². The second kappa shape index (κ2) is 6.57. The Hall–Kier alpha value is -2.55. The maximum atomic E-state index is 11.1. The van der Waals surface area contributed by atoms with E-state index in [0.29, 0.717) is 5.69 Å². The predicted octanol–water partition coefficient (Wildman–Crippen LogP) is 4.11. The van der Waals surface area contributed by atoms with Crippen molar-refractivity contribution in [2.24, 2.45) is 0 Å². The Morgan fingerprint density at radius 3 is 2.45 bits per heavy atom. The molecule has 0 aliphatic heterocycles. The van der Waals surface area contributed by atoms with E-state index in [2.05, 4.69) is 24.4 Å². The molecule has 2 aromatic carbocycles. The van der Waals surface area contributed by atoms with E-state index >= 15 is 0 Å². The molecule has 0 bridgehead atoms. The highest BCUT2D eigenvalue weighted by atomic mass is 16.4. The summed E-state index contributed by atoms with van der Waals surface area (Å²) >= 11 is 0. The van der Waals surface area contributed by atoms with Gasteiger partial charge >= 0.3 is 5.97 Å². The average molecular weight is 267 g/mol. The van der Waals surface area contributed by atoms with Gasteiger partial charge in [-0.25, -0.2) is 4.79 Å². The quantitative estimate of drug-likeness (QED) is 0.857. The van der Waals surface area contributed by atoms with Crippen LogP contribution in [0, 0.1) is 0 Å². The lowest BCUT2D eigenvalue weighted by Crippen LogP contribution is -2.01. The van der Waals surface area contributed by atoms with E-state index in [9.17, 15) is 4.79 Å². The molecule has 0 saturated heterocycles. The molecule has 0 radical (unpaired) electrons. The van der Waals surface area contributed by atoms with Crippen molar-refractivity contribution in [1.29, 1.82) is 0 Å². The van der Waals surface area contributed by atoms with Gasteiger partial charge in [-0.1, -0.05) is 55.5 Å². The summed E-state index contributed by atoms with van der Waals surface area (Å²) in [6.07, 6.45) is 3.80. The molecule has 3 heteroatoms. The van der Waals surface area contributed by atoms with Gasteiger partial charge in [0.2, 0.25) is 0 Å². The van der Waals surface area contributed by atoms with Crippen molar-refractivity contribution in [2.45, 2.75) is 12.8 Å². The van der Waals surface area contributed by atoms with E-state index in [1.165, 1.54) is 5.56 Å². The van der Waals surface area contributed by atoms with Crippen LogP contribution in [-0.4, -0.2) is 11.1 Å². The van der Waals surface area contributed by atoms with Crippen molar-refractivity contribution >= 4 is 11.7 Å². The molecule has 0 amide bonds. The SMILES string of the molecule is CC(/C=C/Nc1ccccc1C(=O)O)c1ccccc1. The number of anilines is 1. The average Bonchev–Trinajstić information content (AvgIpc) is 2.48. The highest BCUT2D eigenvalue weighted by Gasteiger charge is 2.07. The molecule has 20 heavy (non-hydrogen) atoms. The number of benzene rings is 2. The van der Waals surface area contributed by atoms with Crippen LogP contribution in [0.5, 0.6) is 0 Å². The minimum absolute atomic E-state index is 0.265. The molecule has 2 rings (SSSR count). The van der Waals surface area contributed by atoms with Crippen LogP contribution >= 0.6 is 0 Å². The molecule has 102 valence electrons. The summed E-state index contributed by atoms with van der Waals surface area (Å²) in [5.74, 6) is -0.668. The molecular weight excluding hydrogens is 250 g/mol. The van der Waals surface area contributed by atoms with Crippen LogP contribution in [0.2, 0.25) is 0 Å². The van der Waals surface area contributed by atoms with Crippen LogP contribution in [0.4, 0.5) is 5.69 Å². The summed E-state index contributed by atoms with van der Waals surface area (Å²) < 4.78 is 0. The van der Waals surface area contributed by atoms with E-state index in [0.717, 1.165) is 0 Å². The molecule has 0 saturated carbocycles. The third-order valence-corrected chi connectivity index (χ3v) is 3.11. The smallest absolute Gasteiger partial charge is 0.337 e. The molecule has 1 unspecified atom stereocenters. The molecule has 2 N–H and O–H groups in total. The van der Waals surface area contributed by atoms with E-state index < -0.39 is 5.97 Å². The third-order valence-electron chi connectivity index (χ3n) is 3.11. The van der Waals surface area contributed by atoms with Crippen LogP contribution in [0.3, 0.4) is 0 Å². The molecule has 0 heterocycles. The summed E-state index contributed by atoms with van der Waals surface area (Å²) in [4.78, 5) is 11.1. The van der Waals surface area contributed by atoms with Crippen molar-refractivity contribution in [3.63, 3.8) is 0 Å². The number of para-hydroxylation sites is 1. The van der Waals surface area contributed by atoms with Gasteiger partial charge in [-0.3, -0.25) is 0 Å². The second-order valence-electron chi connectivity index (χ2n) is 4.55. The summed E-state index contributed by atoms with van der Waals surface area (Å²) in [5, 5.41) is 12.1. The highest BCUT2D eigenvalue weighted by Crippen LogP contribution is 2.18. The number of allylic oxidation sites excluding steroid dienone is 1. The van der Waals surface area contributed by atoms with Gasteiger partial charge < -0.3 is 10.4 Å². The second-order valence-corrected chi connectivity index (χ2v) is 4.55. The first-order valence-electron chi connectivity index (χ1n) is 6.49. The summed E-state index contributed by atoms with van der Waals surface area (Å²) in [6.45, 7) is 2.09. The Balaban J connectivity index is 2.05. The number of aromatic carboxylic acids is 1. The van der Waals surface area contributed by atoms with Gasteiger partial charge in [0.1, 0.15) is 0 Å². The molecule has 3 nitrogen and oxygen atoms in total. The fourth-order valence-corrected chi connectivity index (χ4v) is 1.95. The minimum Gasteiger partial charge on any atom is -0.478 e. The third kappa shape index (κ3) is 3.48. The maximum absolute atomic E-state index is 11.1. The van der Waals surface area contributed by atoms with Gasteiger partial charge in [-0.05, 0) is 23.9 Å². The summed E-state index contributed by atoms with van der Waals surface area (Å²) in [6, 6.07) is 17.0. The van der Waals surface area contributed by atoms with Crippen LogP contribution < -0.4 is 5.32 Å². The number of rotatable bonds is 5. The van der Waals surface area contributed by atoms with Crippen LogP contribution in [0.1, 0.15) is 28.8 Å². The zero-order valence-electron chi connectivity index (χ0n) is 11.3. The Morgan fingerprint density at radius 2 is 1.75 bits per heavy atom. The van der Waals surface area contributed by atoms with Crippen LogP contribution in [0.15, 0.2) is 66.9 Å². The number of nitrogens with one attached hydrogen (secondary N) is 1. The molecular formula is C17H17NO2. The van der Waals surface area contributed by atoms with Gasteiger partial charge in [-0.15, -0.1) is 0 Å². The van der Waals surface area contributed by atoms with Crippen molar-refractivity contribution in [3.05, 3.63) is 78.0 Å². The monoisotopic (exact) mass is 267 g/mol. The van der Waals surface area contributed by atoms with Gasteiger partial charge in [0.15, 0.2) is 0 Å². The lowest BCUT2D eigenvalue weighted by molar-refractivity contribution is 0.0698. The van der Waals surface area contributed by atoms with Gasteiger partial charge in [0.05, 0.1) is 11.3 Å². The lowest BCUT2D eigenvalue weighted by Gasteiger charge is -2.08. The molecule has 0 fully saturated rings. The lowest BCUT2D eigenvalue weighted by atomic mass is 10.0. The first-order chi connectivity index (χ1) is 9.68. The van der Waals surface area contributed by atoms with E-state index in [-0.39, 0.29) is 11.5 Å². The number of carboxylic acids is 1. The molecule has 1 atom stereocenters. The highest BCUT2D eigenvalue weighted by molar-refractivity contribution is 5.94. The van der Waals surface area contributed by atoms with Gasteiger partial charge in [0.25, 0.3) is 0 Å². The minimum atomic E-state index is -0.933. The first kappa shape index (κ1) is 13.9. The van der Waals surface area contributed by atoms with Crippen molar-refractivity contribution < 1.29 is 9.90 Å². The van der Waals surface area contributed by atoms with Crippen molar-refractivity contribution in [2.75, 3.05) is 5.32 Å². The molecule has 0 aliphatic rings. The zero-order chi connectivity index (χ0) is 14.4. The van der Waals surface area contributed by atoms with E-state index in [4.69, 9.17) is 5.11 Å². The van der Waals surface area contributed by atoms with Crippen molar-refractivity contribution in [3.8, 4) is 0 Å². The van der Waals surface area contributed by atoms with Crippen LogP contribution in [0.25, 0.3) is 0 Å². The van der Waals surface area contributed by atoms with Crippen LogP contribution in [-0.2, 0) is 0 Å². The first-order valence-corrected chi connectivity index (χ1v) is 6.49. The topological polar surface area (TPSA) is 49.3 Å². The molecule has 0 aliphatic carbocycles. The number of carboxylic acid groups (broad SMARTS) is 1.